The van der Waals surface area contributed by atoms with Gasteiger partial charge < -0.3 is 24.7 Å². The molecule has 1 atom stereocenters. The number of hydrogen-bond donors (Lipinski definition) is 1. The van der Waals surface area contributed by atoms with Crippen LogP contribution < -0.4 is 19.9 Å². The number of allylic oxidation sites excluding steroid dienone is 1. The van der Waals surface area contributed by atoms with Crippen LogP contribution in [0, 0.1) is 0 Å². The highest BCUT2D eigenvalue weighted by molar-refractivity contribution is 8.17. The molecule has 3 rings (SSSR count). The van der Waals surface area contributed by atoms with Crippen LogP contribution in [0.5, 0.6) is 23.0 Å². The number of carbonyl (C=O) groups excluding carboxylic acids is 3. The second kappa shape index (κ2) is 13.2. The second-order valence-corrected chi connectivity index (χ2v) is 8.90. The molecule has 0 fully saturated rings. The van der Waals surface area contributed by atoms with E-state index in [9.17, 15) is 14.4 Å². The normalized spacial score (nSPS) is 11.8. The van der Waals surface area contributed by atoms with E-state index in [0.29, 0.717) is 53.0 Å². The third-order valence-corrected chi connectivity index (χ3v) is 6.03. The monoisotopic (exact) mass is 521 g/mol. The molecule has 0 saturated heterocycles. The Morgan fingerprint density at radius 1 is 0.865 bits per heavy atom. The molecule has 0 aliphatic heterocycles. The lowest BCUT2D eigenvalue weighted by atomic mass is 9.91. The van der Waals surface area contributed by atoms with Crippen molar-refractivity contribution in [2.24, 2.45) is 5.73 Å². The molecule has 0 spiro atoms. The Morgan fingerprint density at radius 3 is 1.92 bits per heavy atom. The molecule has 1 unspecified atom stereocenters. The van der Waals surface area contributed by atoms with E-state index in [-0.39, 0.29) is 10.9 Å². The quantitative estimate of drug-likeness (QED) is 0.204. The van der Waals surface area contributed by atoms with Gasteiger partial charge in [-0.3, -0.25) is 14.4 Å². The zero-order chi connectivity index (χ0) is 26.8. The Morgan fingerprint density at radius 2 is 1.43 bits per heavy atom. The van der Waals surface area contributed by atoms with Crippen LogP contribution >= 0.6 is 11.8 Å². The van der Waals surface area contributed by atoms with Gasteiger partial charge in [-0.25, -0.2) is 0 Å². The molecule has 37 heavy (non-hydrogen) atoms. The van der Waals surface area contributed by atoms with E-state index in [2.05, 4.69) is 0 Å². The number of aldehydes is 1. The van der Waals surface area contributed by atoms with E-state index >= 15 is 0 Å². The molecule has 9 heteroatoms. The first-order valence-electron chi connectivity index (χ1n) is 11.2. The summed E-state index contributed by atoms with van der Waals surface area (Å²) < 4.78 is 21.7. The molecule has 0 aliphatic rings. The molecule has 3 aromatic carbocycles. The standard InChI is InChI=1S/C28H27NO7S/c1-33-23-12-19(13-24(16-23)34-2)15-26(27(31)35-3)20-6-10-22(11-7-20)36-21-8-4-18(5-9-21)14-25(17-30)37-28(29)32/h4-14,16-17,26H,15H2,1-3H3,(H2,29,32)/b25-14-. The Labute approximate surface area is 219 Å². The Kier molecular flexibility index (Phi) is 9.74. The van der Waals surface area contributed by atoms with Gasteiger partial charge in [-0.1, -0.05) is 24.3 Å². The van der Waals surface area contributed by atoms with Crippen LogP contribution in [0.1, 0.15) is 22.6 Å². The number of rotatable bonds is 11. The largest absolute Gasteiger partial charge is 0.497 e. The van der Waals surface area contributed by atoms with Gasteiger partial charge in [0, 0.05) is 6.07 Å². The molecule has 1 amide bonds. The van der Waals surface area contributed by atoms with Crippen LogP contribution in [-0.4, -0.2) is 38.8 Å². The molecule has 0 radical (unpaired) electrons. The number of methoxy groups -OCH3 is 3. The molecule has 8 nitrogen and oxygen atoms in total. The third-order valence-electron chi connectivity index (χ3n) is 5.38. The predicted molar refractivity (Wildman–Crippen MR) is 142 cm³/mol. The van der Waals surface area contributed by atoms with Crippen molar-refractivity contribution in [2.75, 3.05) is 21.3 Å². The van der Waals surface area contributed by atoms with Crippen molar-refractivity contribution in [1.29, 1.82) is 0 Å². The Balaban J connectivity index is 1.75. The fraction of sp³-hybridized carbons (Fsp3) is 0.179. The van der Waals surface area contributed by atoms with E-state index in [1.165, 1.54) is 7.11 Å². The van der Waals surface area contributed by atoms with Gasteiger partial charge in [0.15, 0.2) is 6.29 Å². The van der Waals surface area contributed by atoms with Gasteiger partial charge in [0.2, 0.25) is 0 Å². The fourth-order valence-electron chi connectivity index (χ4n) is 3.60. The highest BCUT2D eigenvalue weighted by Crippen LogP contribution is 2.30. The Bertz CT molecular complexity index is 1250. The number of benzene rings is 3. The number of hydrogen-bond acceptors (Lipinski definition) is 8. The summed E-state index contributed by atoms with van der Waals surface area (Å²) >= 11 is 0.668. The number of nitrogens with two attached hydrogens (primary N) is 1. The first-order valence-corrected chi connectivity index (χ1v) is 12.0. The van der Waals surface area contributed by atoms with Crippen molar-refractivity contribution in [3.8, 4) is 23.0 Å². The molecule has 0 heterocycles. The van der Waals surface area contributed by atoms with E-state index in [1.54, 1.807) is 62.8 Å². The van der Waals surface area contributed by atoms with E-state index in [0.717, 1.165) is 11.1 Å². The van der Waals surface area contributed by atoms with Crippen molar-refractivity contribution >= 4 is 35.3 Å². The van der Waals surface area contributed by atoms with Crippen molar-refractivity contribution in [2.45, 2.75) is 12.3 Å². The topological polar surface area (TPSA) is 114 Å². The molecular weight excluding hydrogens is 494 g/mol. The summed E-state index contributed by atoms with van der Waals surface area (Å²) in [5.41, 5.74) is 7.47. The number of thioether (sulfide) groups is 1. The molecule has 2 N–H and O–H groups in total. The lowest BCUT2D eigenvalue weighted by Crippen LogP contribution is -2.17. The van der Waals surface area contributed by atoms with Crippen LogP contribution in [-0.2, 0) is 20.7 Å². The zero-order valence-corrected chi connectivity index (χ0v) is 21.4. The van der Waals surface area contributed by atoms with Crippen LogP contribution in [0.2, 0.25) is 0 Å². The minimum Gasteiger partial charge on any atom is -0.497 e. The third kappa shape index (κ3) is 7.88. The molecule has 192 valence electrons. The summed E-state index contributed by atoms with van der Waals surface area (Å²) in [4.78, 5) is 34.9. The second-order valence-electron chi connectivity index (χ2n) is 7.83. The maximum Gasteiger partial charge on any atom is 0.313 e. The fourth-order valence-corrected chi connectivity index (χ4v) is 4.08. The van der Waals surface area contributed by atoms with Crippen LogP contribution in [0.4, 0.5) is 4.79 Å². The first kappa shape index (κ1) is 27.3. The molecule has 0 aromatic heterocycles. The molecular formula is C28H27NO7S. The zero-order valence-electron chi connectivity index (χ0n) is 20.6. The SMILES string of the molecule is COC(=O)C(Cc1cc(OC)cc(OC)c1)c1ccc(Oc2ccc(/C=C(/C=O)SC(N)=O)cc2)cc1. The molecule has 0 saturated carbocycles. The average molecular weight is 522 g/mol. The molecule has 0 bridgehead atoms. The van der Waals surface area contributed by atoms with Gasteiger partial charge in [0.25, 0.3) is 5.24 Å². The maximum absolute atomic E-state index is 12.6. The van der Waals surface area contributed by atoms with Gasteiger partial charge in [-0.2, -0.15) is 0 Å². The van der Waals surface area contributed by atoms with Crippen LogP contribution in [0.3, 0.4) is 0 Å². The van der Waals surface area contributed by atoms with E-state index in [1.807, 2.05) is 24.3 Å². The van der Waals surface area contributed by atoms with Crippen molar-refractivity contribution in [3.63, 3.8) is 0 Å². The van der Waals surface area contributed by atoms with Gasteiger partial charge >= 0.3 is 5.97 Å². The lowest BCUT2D eigenvalue weighted by Gasteiger charge is -2.17. The number of esters is 1. The number of carbonyl (C=O) groups is 3. The smallest absolute Gasteiger partial charge is 0.313 e. The highest BCUT2D eigenvalue weighted by atomic mass is 32.2. The first-order chi connectivity index (χ1) is 17.8. The van der Waals surface area contributed by atoms with E-state index in [4.69, 9.17) is 24.7 Å². The average Bonchev–Trinajstić information content (AvgIpc) is 2.92. The number of ether oxygens (including phenoxy) is 4. The van der Waals surface area contributed by atoms with Crippen molar-refractivity contribution < 1.29 is 33.3 Å². The van der Waals surface area contributed by atoms with E-state index < -0.39 is 11.2 Å². The summed E-state index contributed by atoms with van der Waals surface area (Å²) in [6.45, 7) is 0. The highest BCUT2D eigenvalue weighted by Gasteiger charge is 2.23. The summed E-state index contributed by atoms with van der Waals surface area (Å²) in [5, 5.41) is -0.653. The molecule has 3 aromatic rings. The number of amides is 1. The number of primary amides is 1. The summed E-state index contributed by atoms with van der Waals surface area (Å²) in [6.07, 6.45) is 2.53. The van der Waals surface area contributed by atoms with Crippen molar-refractivity contribution in [3.05, 3.63) is 88.3 Å². The summed E-state index contributed by atoms with van der Waals surface area (Å²) in [7, 11) is 4.51. The van der Waals surface area contributed by atoms with Gasteiger partial charge in [-0.05, 0) is 77.3 Å². The van der Waals surface area contributed by atoms with Crippen LogP contribution in [0.15, 0.2) is 71.6 Å². The van der Waals surface area contributed by atoms with Crippen LogP contribution in [0.25, 0.3) is 6.08 Å². The van der Waals surface area contributed by atoms with Gasteiger partial charge in [0.05, 0.1) is 32.2 Å². The van der Waals surface area contributed by atoms with Crippen molar-refractivity contribution in [1.82, 2.24) is 0 Å². The lowest BCUT2D eigenvalue weighted by molar-refractivity contribution is -0.142. The Hall–Kier alpha value is -4.24. The summed E-state index contributed by atoms with van der Waals surface area (Å²) in [6, 6.07) is 19.7. The molecule has 0 aliphatic carbocycles. The van der Waals surface area contributed by atoms with Gasteiger partial charge in [0.1, 0.15) is 23.0 Å². The predicted octanol–water partition coefficient (Wildman–Crippen LogP) is 5.35. The minimum absolute atomic E-state index is 0.212. The minimum atomic E-state index is -0.653. The van der Waals surface area contributed by atoms with Gasteiger partial charge in [-0.15, -0.1) is 0 Å². The summed E-state index contributed by atoms with van der Waals surface area (Å²) in [5.74, 6) is 1.54. The maximum atomic E-state index is 12.6.